The van der Waals surface area contributed by atoms with Crippen LogP contribution >= 0.6 is 11.6 Å². The number of hydrogen-bond donors (Lipinski definition) is 1. The number of pyridine rings is 1. The number of halogens is 1. The van der Waals surface area contributed by atoms with E-state index >= 15 is 0 Å². The molecule has 108 valence electrons. The summed E-state index contributed by atoms with van der Waals surface area (Å²) in [6, 6.07) is 1.60. The lowest BCUT2D eigenvalue weighted by molar-refractivity contribution is 0.0951. The van der Waals surface area contributed by atoms with Crippen LogP contribution in [-0.4, -0.2) is 36.8 Å². The van der Waals surface area contributed by atoms with Crippen LogP contribution in [0.1, 0.15) is 29.6 Å². The minimum atomic E-state index is -0.137. The van der Waals surface area contributed by atoms with Crippen molar-refractivity contribution in [2.45, 2.75) is 25.4 Å². The number of carbonyl (C=O) groups excluding carboxylic acids is 1. The molecule has 0 radical (unpaired) electrons. The molecule has 0 bridgehead atoms. The first-order chi connectivity index (χ1) is 9.72. The minimum absolute atomic E-state index is 0.00505. The quantitative estimate of drug-likeness (QED) is 0.903. The molecule has 2 aliphatic rings. The Kier molecular flexibility index (Phi) is 4.08. The molecule has 1 amide bonds. The van der Waals surface area contributed by atoms with Crippen LogP contribution in [0.3, 0.4) is 0 Å². The summed E-state index contributed by atoms with van der Waals surface area (Å²) in [5, 5.41) is 3.24. The van der Waals surface area contributed by atoms with Gasteiger partial charge in [0.1, 0.15) is 11.1 Å². The van der Waals surface area contributed by atoms with Crippen molar-refractivity contribution < 1.29 is 14.3 Å². The average molecular weight is 297 g/mol. The maximum atomic E-state index is 11.9. The molecule has 1 N–H and O–H groups in total. The van der Waals surface area contributed by atoms with Crippen molar-refractivity contribution in [1.29, 1.82) is 0 Å². The highest BCUT2D eigenvalue weighted by atomic mass is 35.5. The number of amides is 1. The molecular formula is C14H17ClN2O3. The van der Waals surface area contributed by atoms with Crippen molar-refractivity contribution in [1.82, 2.24) is 10.3 Å². The first-order valence-corrected chi connectivity index (χ1v) is 7.28. The van der Waals surface area contributed by atoms with Gasteiger partial charge in [-0.2, -0.15) is 0 Å². The topological polar surface area (TPSA) is 60.5 Å². The van der Waals surface area contributed by atoms with Crippen molar-refractivity contribution in [3.8, 4) is 5.88 Å². The Morgan fingerprint density at radius 3 is 3.00 bits per heavy atom. The van der Waals surface area contributed by atoms with E-state index in [1.54, 1.807) is 6.07 Å². The molecule has 6 heteroatoms. The van der Waals surface area contributed by atoms with Crippen molar-refractivity contribution in [2.24, 2.45) is 5.92 Å². The Bertz CT molecular complexity index is 499. The molecule has 5 nitrogen and oxygen atoms in total. The summed E-state index contributed by atoms with van der Waals surface area (Å²) in [4.78, 5) is 16.0. The highest BCUT2D eigenvalue weighted by molar-refractivity contribution is 6.32. The first kappa shape index (κ1) is 13.6. The molecule has 2 fully saturated rings. The standard InChI is InChI=1S/C14H17ClN2O3/c15-12-5-10(13(18)16-6-9-1-2-9)7-17-14(12)20-11-3-4-19-8-11/h5,7,9,11H,1-4,6,8H2,(H,16,18). The fourth-order valence-electron chi connectivity index (χ4n) is 2.06. The predicted octanol–water partition coefficient (Wildman–Crippen LogP) is 2.04. The van der Waals surface area contributed by atoms with E-state index in [1.165, 1.54) is 19.0 Å². The Morgan fingerprint density at radius 1 is 1.50 bits per heavy atom. The van der Waals surface area contributed by atoms with Crippen molar-refractivity contribution in [3.63, 3.8) is 0 Å². The fraction of sp³-hybridized carbons (Fsp3) is 0.571. The molecule has 1 saturated heterocycles. The monoisotopic (exact) mass is 296 g/mol. The van der Waals surface area contributed by atoms with Gasteiger partial charge >= 0.3 is 0 Å². The van der Waals surface area contributed by atoms with Gasteiger partial charge in [0.15, 0.2) is 0 Å². The lowest BCUT2D eigenvalue weighted by atomic mass is 10.2. The van der Waals surface area contributed by atoms with Crippen LogP contribution in [0.4, 0.5) is 0 Å². The van der Waals surface area contributed by atoms with E-state index in [4.69, 9.17) is 21.1 Å². The number of hydrogen-bond acceptors (Lipinski definition) is 4. The van der Waals surface area contributed by atoms with Crippen molar-refractivity contribution >= 4 is 17.5 Å². The molecule has 1 aromatic rings. The smallest absolute Gasteiger partial charge is 0.252 e. The first-order valence-electron chi connectivity index (χ1n) is 6.90. The van der Waals surface area contributed by atoms with Crippen molar-refractivity contribution in [3.05, 3.63) is 22.8 Å². The molecule has 1 saturated carbocycles. The van der Waals surface area contributed by atoms with E-state index in [2.05, 4.69) is 10.3 Å². The highest BCUT2D eigenvalue weighted by Gasteiger charge is 2.23. The van der Waals surface area contributed by atoms with Gasteiger partial charge in [-0.3, -0.25) is 4.79 Å². The fourth-order valence-corrected chi connectivity index (χ4v) is 2.27. The molecule has 0 spiro atoms. The largest absolute Gasteiger partial charge is 0.471 e. The summed E-state index contributed by atoms with van der Waals surface area (Å²) >= 11 is 6.12. The SMILES string of the molecule is O=C(NCC1CC1)c1cnc(OC2CCOC2)c(Cl)c1. The van der Waals surface area contributed by atoms with Crippen molar-refractivity contribution in [2.75, 3.05) is 19.8 Å². The number of carbonyl (C=O) groups is 1. The molecular weight excluding hydrogens is 280 g/mol. The summed E-state index contributed by atoms with van der Waals surface area (Å²) in [6.07, 6.45) is 4.74. The van der Waals surface area contributed by atoms with E-state index < -0.39 is 0 Å². The molecule has 1 aliphatic heterocycles. The van der Waals surface area contributed by atoms with Crippen LogP contribution in [0.2, 0.25) is 5.02 Å². The summed E-state index contributed by atoms with van der Waals surface area (Å²) < 4.78 is 10.9. The summed E-state index contributed by atoms with van der Waals surface area (Å²) in [5.41, 5.74) is 0.464. The maximum Gasteiger partial charge on any atom is 0.252 e. The van der Waals surface area contributed by atoms with E-state index in [9.17, 15) is 4.79 Å². The molecule has 1 aliphatic carbocycles. The summed E-state index contributed by atoms with van der Waals surface area (Å²) in [7, 11) is 0. The average Bonchev–Trinajstić information content (AvgIpc) is 3.14. The highest BCUT2D eigenvalue weighted by Crippen LogP contribution is 2.28. The summed E-state index contributed by atoms with van der Waals surface area (Å²) in [5.74, 6) is 0.871. The number of nitrogens with zero attached hydrogens (tertiary/aromatic N) is 1. The predicted molar refractivity (Wildman–Crippen MR) is 74.2 cm³/mol. The third-order valence-electron chi connectivity index (χ3n) is 3.48. The normalized spacial score (nSPS) is 21.8. The second kappa shape index (κ2) is 5.97. The molecule has 2 heterocycles. The van der Waals surface area contributed by atoms with Gasteiger partial charge in [0.05, 0.1) is 18.8 Å². The van der Waals surface area contributed by atoms with Crippen LogP contribution in [-0.2, 0) is 4.74 Å². The number of nitrogens with one attached hydrogen (secondary N) is 1. The van der Waals surface area contributed by atoms with Gasteiger partial charge in [-0.1, -0.05) is 11.6 Å². The van der Waals surface area contributed by atoms with Crippen LogP contribution in [0.5, 0.6) is 5.88 Å². The van der Waals surface area contributed by atoms with Crippen LogP contribution in [0.15, 0.2) is 12.3 Å². The third-order valence-corrected chi connectivity index (χ3v) is 3.75. The molecule has 20 heavy (non-hydrogen) atoms. The van der Waals surface area contributed by atoms with Crippen LogP contribution < -0.4 is 10.1 Å². The molecule has 1 aromatic heterocycles. The zero-order chi connectivity index (χ0) is 13.9. The number of ether oxygens (including phenoxy) is 2. The molecule has 1 unspecified atom stereocenters. The van der Waals surface area contributed by atoms with Crippen LogP contribution in [0.25, 0.3) is 0 Å². The van der Waals surface area contributed by atoms with Gasteiger partial charge in [0, 0.05) is 19.2 Å². The van der Waals surface area contributed by atoms with E-state index in [0.29, 0.717) is 35.6 Å². The summed E-state index contributed by atoms with van der Waals surface area (Å²) in [6.45, 7) is 1.99. The zero-order valence-corrected chi connectivity index (χ0v) is 11.9. The Labute approximate surface area is 122 Å². The number of aromatic nitrogens is 1. The molecule has 1 atom stereocenters. The minimum Gasteiger partial charge on any atom is -0.471 e. The van der Waals surface area contributed by atoms with Gasteiger partial charge in [-0.25, -0.2) is 4.98 Å². The lowest BCUT2D eigenvalue weighted by Crippen LogP contribution is -2.25. The third kappa shape index (κ3) is 3.41. The lowest BCUT2D eigenvalue weighted by Gasteiger charge is -2.12. The van der Waals surface area contributed by atoms with Gasteiger partial charge in [-0.15, -0.1) is 0 Å². The Balaban J connectivity index is 1.61. The van der Waals surface area contributed by atoms with Crippen LogP contribution in [0, 0.1) is 5.92 Å². The Hall–Kier alpha value is -1.33. The van der Waals surface area contributed by atoms with Gasteiger partial charge in [0.2, 0.25) is 5.88 Å². The zero-order valence-electron chi connectivity index (χ0n) is 11.1. The Morgan fingerprint density at radius 2 is 2.35 bits per heavy atom. The number of rotatable bonds is 5. The molecule has 0 aromatic carbocycles. The molecule has 3 rings (SSSR count). The van der Waals surface area contributed by atoms with Gasteiger partial charge in [-0.05, 0) is 24.8 Å². The second-order valence-corrected chi connectivity index (χ2v) is 5.68. The van der Waals surface area contributed by atoms with E-state index in [0.717, 1.165) is 13.0 Å². The second-order valence-electron chi connectivity index (χ2n) is 5.27. The van der Waals surface area contributed by atoms with E-state index in [-0.39, 0.29) is 12.0 Å². The van der Waals surface area contributed by atoms with Gasteiger partial charge in [0.25, 0.3) is 5.91 Å². The maximum absolute atomic E-state index is 11.9. The van der Waals surface area contributed by atoms with E-state index in [1.807, 2.05) is 0 Å². The van der Waals surface area contributed by atoms with Gasteiger partial charge < -0.3 is 14.8 Å².